The highest BCUT2D eigenvalue weighted by Gasteiger charge is 2.20. The number of hydrogen-bond donors (Lipinski definition) is 0. The molecule has 80 valence electrons. The Morgan fingerprint density at radius 2 is 2.20 bits per heavy atom. The zero-order valence-electron chi connectivity index (χ0n) is 7.49. The second-order valence-corrected chi connectivity index (χ2v) is 3.69. The Kier molecular flexibility index (Phi) is 3.56. The Bertz CT molecular complexity index is 435. The second-order valence-electron chi connectivity index (χ2n) is 2.53. The zero-order valence-corrected chi connectivity index (χ0v) is 9.65. The minimum atomic E-state index is -0.938. The van der Waals surface area contributed by atoms with E-state index in [0.717, 1.165) is 19.2 Å². The van der Waals surface area contributed by atoms with E-state index in [1.807, 2.05) is 0 Å². The Morgan fingerprint density at radius 1 is 1.60 bits per heavy atom. The van der Waals surface area contributed by atoms with Gasteiger partial charge in [-0.15, -0.1) is 0 Å². The highest BCUT2D eigenvalue weighted by atomic mass is 127. The molecule has 0 saturated heterocycles. The third-order valence-electron chi connectivity index (χ3n) is 1.64. The average molecular weight is 325 g/mol. The maximum atomic E-state index is 13.2. The molecule has 0 atom stereocenters. The van der Waals surface area contributed by atoms with Crippen LogP contribution in [0.2, 0.25) is 0 Å². The van der Waals surface area contributed by atoms with E-state index < -0.39 is 22.3 Å². The molecule has 0 radical (unpaired) electrons. The van der Waals surface area contributed by atoms with Crippen LogP contribution >= 0.6 is 22.6 Å². The predicted molar refractivity (Wildman–Crippen MR) is 57.1 cm³/mol. The molecule has 0 amide bonds. The topological polar surface area (TPSA) is 69.4 Å². The van der Waals surface area contributed by atoms with E-state index in [9.17, 15) is 19.3 Å². The molecule has 7 heteroatoms. The highest BCUT2D eigenvalue weighted by Crippen LogP contribution is 2.24. The molecule has 0 N–H and O–H groups in total. The molecule has 1 rings (SSSR count). The number of nitrogens with zero attached hydrogens (tertiary/aromatic N) is 1. The Balaban J connectivity index is 3.36. The summed E-state index contributed by atoms with van der Waals surface area (Å²) < 4.78 is 17.6. The molecule has 0 aliphatic heterocycles. The van der Waals surface area contributed by atoms with Crippen molar-refractivity contribution in [3.8, 4) is 0 Å². The summed E-state index contributed by atoms with van der Waals surface area (Å²) in [7, 11) is 1.07. The van der Waals surface area contributed by atoms with Crippen molar-refractivity contribution in [3.63, 3.8) is 0 Å². The average Bonchev–Trinajstić information content (AvgIpc) is 2.16. The monoisotopic (exact) mass is 325 g/mol. The summed E-state index contributed by atoms with van der Waals surface area (Å²) >= 11 is 1.62. The predicted octanol–water partition coefficient (Wildman–Crippen LogP) is 2.13. The van der Waals surface area contributed by atoms with Gasteiger partial charge in [0.25, 0.3) is 5.69 Å². The van der Waals surface area contributed by atoms with Gasteiger partial charge in [-0.3, -0.25) is 10.1 Å². The maximum Gasteiger partial charge on any atom is 0.341 e. The number of esters is 1. The summed E-state index contributed by atoms with van der Waals surface area (Å²) in [5.41, 5.74) is -0.762. The molecule has 1 aromatic carbocycles. The Labute approximate surface area is 97.5 Å². The number of halogens is 2. The number of carbonyl (C=O) groups excluding carboxylic acids is 1. The van der Waals surface area contributed by atoms with Gasteiger partial charge in [0.1, 0.15) is 11.4 Å². The smallest absolute Gasteiger partial charge is 0.341 e. The van der Waals surface area contributed by atoms with Gasteiger partial charge in [0, 0.05) is 6.07 Å². The molecule has 15 heavy (non-hydrogen) atoms. The maximum absolute atomic E-state index is 13.2. The molecular formula is C8H5FINO4. The summed E-state index contributed by atoms with van der Waals surface area (Å²) in [6.45, 7) is 0. The summed E-state index contributed by atoms with van der Waals surface area (Å²) in [4.78, 5) is 20.9. The molecule has 0 aromatic heterocycles. The number of nitro groups is 1. The van der Waals surface area contributed by atoms with Crippen LogP contribution in [0.15, 0.2) is 12.1 Å². The van der Waals surface area contributed by atoms with Crippen molar-refractivity contribution in [2.45, 2.75) is 0 Å². The van der Waals surface area contributed by atoms with Crippen LogP contribution in [0.1, 0.15) is 10.4 Å². The highest BCUT2D eigenvalue weighted by molar-refractivity contribution is 14.1. The van der Waals surface area contributed by atoms with E-state index >= 15 is 0 Å². The first-order chi connectivity index (χ1) is 6.97. The quantitative estimate of drug-likeness (QED) is 0.361. The van der Waals surface area contributed by atoms with Gasteiger partial charge in [-0.2, -0.15) is 0 Å². The molecule has 1 aromatic rings. The van der Waals surface area contributed by atoms with E-state index in [2.05, 4.69) is 4.74 Å². The van der Waals surface area contributed by atoms with Crippen LogP contribution in [-0.4, -0.2) is 18.0 Å². The molecule has 0 saturated carbocycles. The van der Waals surface area contributed by atoms with Crippen molar-refractivity contribution in [2.75, 3.05) is 7.11 Å². The standard InChI is InChI=1S/C8H5FINO4/c1-15-8(12)4-2-7(11(13)14)6(10)3-5(4)9/h2-3H,1H3. The van der Waals surface area contributed by atoms with Gasteiger partial charge in [0.05, 0.1) is 15.6 Å². The van der Waals surface area contributed by atoms with Crippen molar-refractivity contribution < 1.29 is 18.8 Å². The molecule has 0 aliphatic rings. The molecule has 0 bridgehead atoms. The van der Waals surface area contributed by atoms with Crippen LogP contribution < -0.4 is 0 Å². The summed E-state index contributed by atoms with van der Waals surface area (Å²) in [6, 6.07) is 1.79. The van der Waals surface area contributed by atoms with Crippen molar-refractivity contribution in [2.24, 2.45) is 0 Å². The fourth-order valence-corrected chi connectivity index (χ4v) is 1.57. The largest absolute Gasteiger partial charge is 0.465 e. The third-order valence-corrected chi connectivity index (χ3v) is 2.50. The van der Waals surface area contributed by atoms with Crippen molar-refractivity contribution in [1.82, 2.24) is 0 Å². The molecule has 5 nitrogen and oxygen atoms in total. The van der Waals surface area contributed by atoms with E-state index in [1.54, 1.807) is 22.6 Å². The second kappa shape index (κ2) is 4.51. The summed E-state index contributed by atoms with van der Waals surface area (Å²) in [5, 5.41) is 10.5. The lowest BCUT2D eigenvalue weighted by Gasteiger charge is -2.02. The van der Waals surface area contributed by atoms with Crippen LogP contribution in [0, 0.1) is 19.5 Å². The van der Waals surface area contributed by atoms with Crippen LogP contribution in [0.5, 0.6) is 0 Å². The molecule has 0 spiro atoms. The summed E-state index contributed by atoms with van der Waals surface area (Å²) in [5.74, 6) is -1.77. The number of nitro benzene ring substituents is 1. The van der Waals surface area contributed by atoms with Gasteiger partial charge in [-0.25, -0.2) is 9.18 Å². The van der Waals surface area contributed by atoms with Crippen molar-refractivity contribution in [1.29, 1.82) is 0 Å². The number of rotatable bonds is 2. The molecule has 0 heterocycles. The van der Waals surface area contributed by atoms with E-state index in [4.69, 9.17) is 0 Å². The van der Waals surface area contributed by atoms with E-state index in [-0.39, 0.29) is 9.26 Å². The zero-order chi connectivity index (χ0) is 11.6. The van der Waals surface area contributed by atoms with Gasteiger partial charge in [0.15, 0.2) is 0 Å². The van der Waals surface area contributed by atoms with Gasteiger partial charge in [-0.1, -0.05) is 0 Å². The third kappa shape index (κ3) is 2.41. The number of benzene rings is 1. The molecule has 0 fully saturated rings. The SMILES string of the molecule is COC(=O)c1cc([N+](=O)[O-])c(I)cc1F. The van der Waals surface area contributed by atoms with Gasteiger partial charge in [0.2, 0.25) is 0 Å². The van der Waals surface area contributed by atoms with Crippen LogP contribution in [0.25, 0.3) is 0 Å². The molecular weight excluding hydrogens is 320 g/mol. The lowest BCUT2D eigenvalue weighted by molar-refractivity contribution is -0.385. The number of ether oxygens (including phenoxy) is 1. The van der Waals surface area contributed by atoms with Gasteiger partial charge >= 0.3 is 5.97 Å². The number of hydrogen-bond acceptors (Lipinski definition) is 4. The fraction of sp³-hybridized carbons (Fsp3) is 0.125. The minimum absolute atomic E-state index is 0.128. The molecule has 0 aliphatic carbocycles. The first-order valence-electron chi connectivity index (χ1n) is 3.69. The Hall–Kier alpha value is -1.25. The lowest BCUT2D eigenvalue weighted by atomic mass is 10.2. The minimum Gasteiger partial charge on any atom is -0.465 e. The first-order valence-corrected chi connectivity index (χ1v) is 4.77. The first kappa shape index (κ1) is 11.8. The van der Waals surface area contributed by atoms with Crippen LogP contribution in [0.4, 0.5) is 10.1 Å². The van der Waals surface area contributed by atoms with Crippen LogP contribution in [0.3, 0.4) is 0 Å². The lowest BCUT2D eigenvalue weighted by Crippen LogP contribution is -2.06. The molecule has 0 unspecified atom stereocenters. The normalized spacial score (nSPS) is 9.80. The van der Waals surface area contributed by atoms with Crippen LogP contribution in [-0.2, 0) is 4.74 Å². The summed E-state index contributed by atoms with van der Waals surface area (Å²) in [6.07, 6.45) is 0. The van der Waals surface area contributed by atoms with E-state index in [0.29, 0.717) is 0 Å². The van der Waals surface area contributed by atoms with Crippen molar-refractivity contribution in [3.05, 3.63) is 37.2 Å². The van der Waals surface area contributed by atoms with Gasteiger partial charge in [-0.05, 0) is 28.7 Å². The Morgan fingerprint density at radius 3 is 2.67 bits per heavy atom. The van der Waals surface area contributed by atoms with E-state index in [1.165, 1.54) is 0 Å². The number of carbonyl (C=O) groups is 1. The van der Waals surface area contributed by atoms with Gasteiger partial charge < -0.3 is 4.74 Å². The fourth-order valence-electron chi connectivity index (χ4n) is 0.944. The van der Waals surface area contributed by atoms with Crippen molar-refractivity contribution >= 4 is 34.2 Å². The number of methoxy groups -OCH3 is 1.